The van der Waals surface area contributed by atoms with Crippen LogP contribution in [0.2, 0.25) is 5.02 Å². The van der Waals surface area contributed by atoms with E-state index >= 15 is 0 Å². The van der Waals surface area contributed by atoms with Gasteiger partial charge in [-0.05, 0) is 54.8 Å². The van der Waals surface area contributed by atoms with Crippen LogP contribution in [0.25, 0.3) is 0 Å². The predicted octanol–water partition coefficient (Wildman–Crippen LogP) is 3.08. The Labute approximate surface area is 138 Å². The summed E-state index contributed by atoms with van der Waals surface area (Å²) in [5, 5.41) is 5.62. The predicted molar refractivity (Wildman–Crippen MR) is 87.9 cm³/mol. The summed E-state index contributed by atoms with van der Waals surface area (Å²) in [6, 6.07) is 11.0. The molecule has 0 radical (unpaired) electrons. The molecule has 23 heavy (non-hydrogen) atoms. The summed E-state index contributed by atoms with van der Waals surface area (Å²) in [5.74, 6) is -1.77. The molecule has 4 nitrogen and oxygen atoms in total. The number of anilines is 1. The van der Waals surface area contributed by atoms with Gasteiger partial charge in [0.05, 0.1) is 0 Å². The first-order valence-corrected chi connectivity index (χ1v) is 7.43. The molecule has 2 amide bonds. The lowest BCUT2D eigenvalue weighted by Crippen LogP contribution is -2.36. The minimum atomic E-state index is -0.741. The van der Waals surface area contributed by atoms with Crippen LogP contribution in [0.15, 0.2) is 42.5 Å². The topological polar surface area (TPSA) is 58.2 Å². The molecule has 0 unspecified atom stereocenters. The van der Waals surface area contributed by atoms with E-state index in [2.05, 4.69) is 10.6 Å². The van der Waals surface area contributed by atoms with E-state index in [4.69, 9.17) is 11.6 Å². The number of hydrogen-bond donors (Lipinski definition) is 2. The van der Waals surface area contributed by atoms with Crippen molar-refractivity contribution in [3.05, 3.63) is 64.4 Å². The lowest BCUT2D eigenvalue weighted by Gasteiger charge is -2.09. The molecule has 0 aliphatic rings. The first-order chi connectivity index (χ1) is 11.0. The number of hydrogen-bond acceptors (Lipinski definition) is 2. The van der Waals surface area contributed by atoms with E-state index in [1.54, 1.807) is 37.3 Å². The third-order valence-corrected chi connectivity index (χ3v) is 3.49. The molecule has 0 atom stereocenters. The maximum Gasteiger partial charge on any atom is 0.313 e. The van der Waals surface area contributed by atoms with E-state index in [9.17, 15) is 14.0 Å². The summed E-state index contributed by atoms with van der Waals surface area (Å²) in [6.07, 6.45) is 0.513. The van der Waals surface area contributed by atoms with E-state index in [1.165, 1.54) is 12.1 Å². The maximum absolute atomic E-state index is 12.8. The minimum Gasteiger partial charge on any atom is -0.347 e. The highest BCUT2D eigenvalue weighted by molar-refractivity contribution is 6.39. The van der Waals surface area contributed by atoms with Crippen LogP contribution in [0, 0.1) is 12.7 Å². The SMILES string of the molecule is Cc1cc(Cl)ccc1NC(=O)C(=O)NCCc1ccc(F)cc1. The fraction of sp³-hybridized carbons (Fsp3) is 0.176. The molecule has 0 aliphatic heterocycles. The number of nitrogens with one attached hydrogen (secondary N) is 2. The van der Waals surface area contributed by atoms with Crippen LogP contribution in [0.1, 0.15) is 11.1 Å². The Morgan fingerprint density at radius 3 is 2.43 bits per heavy atom. The molecule has 0 aromatic heterocycles. The number of benzene rings is 2. The van der Waals surface area contributed by atoms with Crippen molar-refractivity contribution in [2.45, 2.75) is 13.3 Å². The summed E-state index contributed by atoms with van der Waals surface area (Å²) >= 11 is 5.84. The Balaban J connectivity index is 1.83. The quantitative estimate of drug-likeness (QED) is 0.844. The van der Waals surface area contributed by atoms with Crippen molar-refractivity contribution in [2.24, 2.45) is 0 Å². The molecule has 0 heterocycles. The molecule has 0 saturated heterocycles. The van der Waals surface area contributed by atoms with Crippen molar-refractivity contribution in [2.75, 3.05) is 11.9 Å². The van der Waals surface area contributed by atoms with Gasteiger partial charge in [-0.3, -0.25) is 9.59 Å². The first kappa shape index (κ1) is 17.0. The Bertz CT molecular complexity index is 717. The number of halogens is 2. The third kappa shape index (κ3) is 5.07. The molecule has 0 spiro atoms. The van der Waals surface area contributed by atoms with E-state index in [-0.39, 0.29) is 12.4 Å². The average molecular weight is 335 g/mol. The highest BCUT2D eigenvalue weighted by Crippen LogP contribution is 2.19. The Hall–Kier alpha value is -2.40. The van der Waals surface area contributed by atoms with Crippen molar-refractivity contribution >= 4 is 29.1 Å². The molecule has 6 heteroatoms. The summed E-state index contributed by atoms with van der Waals surface area (Å²) in [4.78, 5) is 23.6. The van der Waals surface area contributed by atoms with Crippen LogP contribution < -0.4 is 10.6 Å². The zero-order valence-corrected chi connectivity index (χ0v) is 13.3. The Kier molecular flexibility index (Phi) is 5.71. The van der Waals surface area contributed by atoms with Gasteiger partial charge in [-0.1, -0.05) is 23.7 Å². The largest absolute Gasteiger partial charge is 0.347 e. The number of aryl methyl sites for hydroxylation is 1. The molecule has 0 aliphatic carbocycles. The van der Waals surface area contributed by atoms with Crippen molar-refractivity contribution in [1.29, 1.82) is 0 Å². The number of carbonyl (C=O) groups excluding carboxylic acids is 2. The van der Waals surface area contributed by atoms with Gasteiger partial charge in [0.1, 0.15) is 5.82 Å². The third-order valence-electron chi connectivity index (χ3n) is 3.26. The standard InChI is InChI=1S/C17H16ClFN2O2/c1-11-10-13(18)4-7-15(11)21-17(23)16(22)20-9-8-12-2-5-14(19)6-3-12/h2-7,10H,8-9H2,1H3,(H,20,22)(H,21,23). The van der Waals surface area contributed by atoms with Gasteiger partial charge >= 0.3 is 11.8 Å². The zero-order valence-electron chi connectivity index (χ0n) is 12.5. The van der Waals surface area contributed by atoms with E-state index in [0.29, 0.717) is 17.1 Å². The van der Waals surface area contributed by atoms with Crippen molar-refractivity contribution in [1.82, 2.24) is 5.32 Å². The Morgan fingerprint density at radius 2 is 1.78 bits per heavy atom. The number of rotatable bonds is 4. The minimum absolute atomic E-state index is 0.289. The van der Waals surface area contributed by atoms with Gasteiger partial charge in [-0.25, -0.2) is 4.39 Å². The Morgan fingerprint density at radius 1 is 1.09 bits per heavy atom. The van der Waals surface area contributed by atoms with Crippen molar-refractivity contribution in [3.63, 3.8) is 0 Å². The van der Waals surface area contributed by atoms with E-state index in [0.717, 1.165) is 11.1 Å². The smallest absolute Gasteiger partial charge is 0.313 e. The molecule has 2 N–H and O–H groups in total. The van der Waals surface area contributed by atoms with Gasteiger partial charge in [0.2, 0.25) is 0 Å². The molecular formula is C17H16ClFN2O2. The average Bonchev–Trinajstić information content (AvgIpc) is 2.51. The van der Waals surface area contributed by atoms with E-state index < -0.39 is 11.8 Å². The van der Waals surface area contributed by atoms with Gasteiger partial charge in [0.25, 0.3) is 0 Å². The molecule has 0 saturated carbocycles. The highest BCUT2D eigenvalue weighted by atomic mass is 35.5. The zero-order chi connectivity index (χ0) is 16.8. The van der Waals surface area contributed by atoms with Crippen LogP contribution in [0.5, 0.6) is 0 Å². The first-order valence-electron chi connectivity index (χ1n) is 7.05. The second kappa shape index (κ2) is 7.74. The molecular weight excluding hydrogens is 319 g/mol. The fourth-order valence-corrected chi connectivity index (χ4v) is 2.22. The maximum atomic E-state index is 12.8. The molecule has 0 bridgehead atoms. The normalized spacial score (nSPS) is 10.2. The van der Waals surface area contributed by atoms with Crippen molar-refractivity contribution < 1.29 is 14.0 Å². The number of carbonyl (C=O) groups is 2. The van der Waals surface area contributed by atoms with Gasteiger partial charge in [-0.2, -0.15) is 0 Å². The lowest BCUT2D eigenvalue weighted by atomic mass is 10.1. The van der Waals surface area contributed by atoms with Gasteiger partial charge in [0.15, 0.2) is 0 Å². The fourth-order valence-electron chi connectivity index (χ4n) is 2.00. The second-order valence-corrected chi connectivity index (χ2v) is 5.48. The van der Waals surface area contributed by atoms with Crippen LogP contribution in [-0.2, 0) is 16.0 Å². The summed E-state index contributed by atoms with van der Waals surface area (Å²) in [7, 11) is 0. The molecule has 0 fully saturated rings. The second-order valence-electron chi connectivity index (χ2n) is 5.05. The van der Waals surface area contributed by atoms with Crippen LogP contribution >= 0.6 is 11.6 Å². The van der Waals surface area contributed by atoms with Gasteiger partial charge in [0, 0.05) is 17.3 Å². The summed E-state index contributed by atoms with van der Waals surface area (Å²) in [6.45, 7) is 2.07. The lowest BCUT2D eigenvalue weighted by molar-refractivity contribution is -0.136. The monoisotopic (exact) mass is 334 g/mol. The van der Waals surface area contributed by atoms with Gasteiger partial charge < -0.3 is 10.6 Å². The van der Waals surface area contributed by atoms with E-state index in [1.807, 2.05) is 0 Å². The van der Waals surface area contributed by atoms with Crippen LogP contribution in [-0.4, -0.2) is 18.4 Å². The number of amides is 2. The van der Waals surface area contributed by atoms with Crippen molar-refractivity contribution in [3.8, 4) is 0 Å². The van der Waals surface area contributed by atoms with Gasteiger partial charge in [-0.15, -0.1) is 0 Å². The highest BCUT2D eigenvalue weighted by Gasteiger charge is 2.14. The molecule has 2 rings (SSSR count). The molecule has 2 aromatic rings. The summed E-state index contributed by atoms with van der Waals surface area (Å²) in [5.41, 5.74) is 2.18. The summed E-state index contributed by atoms with van der Waals surface area (Å²) < 4.78 is 12.8. The van der Waals surface area contributed by atoms with Crippen LogP contribution in [0.4, 0.5) is 10.1 Å². The molecule has 120 valence electrons. The van der Waals surface area contributed by atoms with Crippen LogP contribution in [0.3, 0.4) is 0 Å². The molecule has 2 aromatic carbocycles.